The van der Waals surface area contributed by atoms with Crippen LogP contribution < -0.4 is 0 Å². The molecule has 1 aromatic carbocycles. The molecule has 2 heterocycles. The number of rotatable bonds is 1. The minimum Gasteiger partial charge on any atom is -0.345 e. The lowest BCUT2D eigenvalue weighted by Crippen LogP contribution is -2.31. The third-order valence-corrected chi connectivity index (χ3v) is 4.27. The largest absolute Gasteiger partial charge is 0.345 e. The van der Waals surface area contributed by atoms with Gasteiger partial charge in [-0.3, -0.25) is 4.79 Å². The van der Waals surface area contributed by atoms with E-state index in [-0.39, 0.29) is 5.91 Å². The average Bonchev–Trinajstić information content (AvgIpc) is 2.65. The van der Waals surface area contributed by atoms with Gasteiger partial charge in [0, 0.05) is 30.8 Å². The van der Waals surface area contributed by atoms with Crippen molar-refractivity contribution < 1.29 is 4.79 Å². The highest BCUT2D eigenvalue weighted by Crippen LogP contribution is 2.21. The van der Waals surface area contributed by atoms with Gasteiger partial charge in [0.05, 0.1) is 0 Å². The number of hydrogen-bond donors (Lipinski definition) is 0. The highest BCUT2D eigenvalue weighted by molar-refractivity contribution is 9.10. The van der Waals surface area contributed by atoms with Gasteiger partial charge in [-0.2, -0.15) is 0 Å². The van der Waals surface area contributed by atoms with Crippen molar-refractivity contribution in [2.45, 2.75) is 19.4 Å². The molecule has 0 spiro atoms. The highest BCUT2D eigenvalue weighted by atomic mass is 79.9. The molecule has 1 aliphatic rings. The molecule has 1 amide bonds. The van der Waals surface area contributed by atoms with Crippen molar-refractivity contribution in [3.63, 3.8) is 0 Å². The van der Waals surface area contributed by atoms with E-state index in [0.29, 0.717) is 6.54 Å². The van der Waals surface area contributed by atoms with E-state index in [1.807, 2.05) is 34.8 Å². The first kappa shape index (κ1) is 13.4. The normalized spacial score (nSPS) is 14.8. The Morgan fingerprint density at radius 3 is 2.70 bits per heavy atom. The van der Waals surface area contributed by atoms with E-state index in [1.165, 1.54) is 11.1 Å². The number of aryl methyl sites for hydroxylation is 2. The Labute approximate surface area is 127 Å². The average molecular weight is 333 g/mol. The van der Waals surface area contributed by atoms with Gasteiger partial charge >= 0.3 is 0 Å². The molecule has 104 valence electrons. The van der Waals surface area contributed by atoms with Gasteiger partial charge < -0.3 is 9.47 Å². The van der Waals surface area contributed by atoms with Crippen molar-refractivity contribution in [1.29, 1.82) is 0 Å². The quantitative estimate of drug-likeness (QED) is 0.785. The molecule has 3 rings (SSSR count). The molecule has 0 atom stereocenters. The lowest BCUT2D eigenvalue weighted by atomic mass is 10.0. The number of hydrogen-bond acceptors (Lipinski definition) is 1. The molecule has 0 fully saturated rings. The van der Waals surface area contributed by atoms with Crippen LogP contribution in [0.15, 0.2) is 41.0 Å². The molecule has 4 heteroatoms. The van der Waals surface area contributed by atoms with Crippen molar-refractivity contribution in [3.05, 3.63) is 57.8 Å². The molecule has 0 aliphatic carbocycles. The number of nitrogens with zero attached hydrogens (tertiary/aromatic N) is 2. The number of aromatic nitrogens is 1. The summed E-state index contributed by atoms with van der Waals surface area (Å²) < 4.78 is 2.82. The number of benzene rings is 1. The molecule has 0 unspecified atom stereocenters. The van der Waals surface area contributed by atoms with E-state index in [9.17, 15) is 4.79 Å². The summed E-state index contributed by atoms with van der Waals surface area (Å²) in [6.45, 7) is 1.52. The van der Waals surface area contributed by atoms with Crippen molar-refractivity contribution in [2.24, 2.45) is 7.05 Å². The molecule has 2 aromatic rings. The third kappa shape index (κ3) is 2.52. The van der Waals surface area contributed by atoms with Gasteiger partial charge in [-0.15, -0.1) is 0 Å². The van der Waals surface area contributed by atoms with Gasteiger partial charge in [0.25, 0.3) is 5.91 Å². The van der Waals surface area contributed by atoms with Gasteiger partial charge in [0.2, 0.25) is 0 Å². The zero-order valence-corrected chi connectivity index (χ0v) is 13.1. The summed E-state index contributed by atoms with van der Waals surface area (Å²) in [6.07, 6.45) is 3.99. The summed E-state index contributed by atoms with van der Waals surface area (Å²) in [7, 11) is 1.91. The molecular weight excluding hydrogens is 316 g/mol. The summed E-state index contributed by atoms with van der Waals surface area (Å²) in [5, 5.41) is 0. The Morgan fingerprint density at radius 1 is 1.25 bits per heavy atom. The first-order valence-electron chi connectivity index (χ1n) is 6.83. The Morgan fingerprint density at radius 2 is 2.00 bits per heavy atom. The SMILES string of the molecule is Cn1cc(Br)cc1C(=O)N1CCCc2ccccc2C1. The molecule has 0 radical (unpaired) electrons. The lowest BCUT2D eigenvalue weighted by Gasteiger charge is -2.21. The van der Waals surface area contributed by atoms with Crippen molar-refractivity contribution >= 4 is 21.8 Å². The maximum atomic E-state index is 12.7. The molecule has 20 heavy (non-hydrogen) atoms. The van der Waals surface area contributed by atoms with Gasteiger partial charge in [0.1, 0.15) is 5.69 Å². The van der Waals surface area contributed by atoms with Crippen LogP contribution in [0.2, 0.25) is 0 Å². The van der Waals surface area contributed by atoms with E-state index in [4.69, 9.17) is 0 Å². The fraction of sp³-hybridized carbons (Fsp3) is 0.312. The maximum absolute atomic E-state index is 12.7. The second kappa shape index (κ2) is 5.44. The van der Waals surface area contributed by atoms with Gasteiger partial charge in [-0.1, -0.05) is 24.3 Å². The Bertz CT molecular complexity index is 648. The third-order valence-electron chi connectivity index (χ3n) is 3.83. The van der Waals surface area contributed by atoms with Crippen molar-refractivity contribution in [3.8, 4) is 0 Å². The predicted octanol–water partition coefficient (Wildman–Crippen LogP) is 3.38. The zero-order valence-electron chi connectivity index (χ0n) is 11.5. The Kier molecular flexibility index (Phi) is 3.66. The van der Waals surface area contributed by atoms with Crippen LogP contribution in [-0.4, -0.2) is 21.9 Å². The van der Waals surface area contributed by atoms with Crippen LogP contribution in [-0.2, 0) is 20.0 Å². The topological polar surface area (TPSA) is 25.2 Å². The highest BCUT2D eigenvalue weighted by Gasteiger charge is 2.22. The van der Waals surface area contributed by atoms with Crippen LogP contribution in [0.5, 0.6) is 0 Å². The summed E-state index contributed by atoms with van der Waals surface area (Å²) in [5.41, 5.74) is 3.37. The van der Waals surface area contributed by atoms with E-state index in [0.717, 1.165) is 29.6 Å². The summed E-state index contributed by atoms with van der Waals surface area (Å²) in [5.74, 6) is 0.106. The van der Waals surface area contributed by atoms with Gasteiger partial charge in [0.15, 0.2) is 0 Å². The van der Waals surface area contributed by atoms with Crippen LogP contribution in [0.3, 0.4) is 0 Å². The fourth-order valence-electron chi connectivity index (χ4n) is 2.77. The van der Waals surface area contributed by atoms with E-state index < -0.39 is 0 Å². The summed E-state index contributed by atoms with van der Waals surface area (Å²) in [6, 6.07) is 10.3. The number of amides is 1. The van der Waals surface area contributed by atoms with Crippen molar-refractivity contribution in [1.82, 2.24) is 9.47 Å². The first-order valence-corrected chi connectivity index (χ1v) is 7.62. The van der Waals surface area contributed by atoms with Crippen molar-refractivity contribution in [2.75, 3.05) is 6.54 Å². The smallest absolute Gasteiger partial charge is 0.270 e. The molecule has 0 saturated carbocycles. The molecule has 0 saturated heterocycles. The maximum Gasteiger partial charge on any atom is 0.270 e. The number of carbonyl (C=O) groups excluding carboxylic acids is 1. The van der Waals surface area contributed by atoms with E-state index >= 15 is 0 Å². The van der Waals surface area contributed by atoms with Crippen LogP contribution in [0, 0.1) is 0 Å². The number of halogens is 1. The van der Waals surface area contributed by atoms with E-state index in [1.54, 1.807) is 0 Å². The molecule has 0 N–H and O–H groups in total. The summed E-state index contributed by atoms with van der Waals surface area (Å²) >= 11 is 3.42. The lowest BCUT2D eigenvalue weighted by molar-refractivity contribution is 0.0736. The molecular formula is C16H17BrN2O. The molecule has 1 aliphatic heterocycles. The first-order chi connectivity index (χ1) is 9.65. The minimum absolute atomic E-state index is 0.106. The Balaban J connectivity index is 1.88. The van der Waals surface area contributed by atoms with E-state index in [2.05, 4.69) is 34.1 Å². The molecule has 3 nitrogen and oxygen atoms in total. The minimum atomic E-state index is 0.106. The second-order valence-electron chi connectivity index (χ2n) is 5.25. The Hall–Kier alpha value is -1.55. The van der Waals surface area contributed by atoms with Gasteiger partial charge in [-0.05, 0) is 46.0 Å². The fourth-order valence-corrected chi connectivity index (χ4v) is 3.30. The number of carbonyl (C=O) groups is 1. The van der Waals surface area contributed by atoms with Crippen LogP contribution in [0.25, 0.3) is 0 Å². The molecule has 0 bridgehead atoms. The zero-order chi connectivity index (χ0) is 14.1. The van der Waals surface area contributed by atoms with Crippen LogP contribution in [0.4, 0.5) is 0 Å². The predicted molar refractivity (Wildman–Crippen MR) is 82.6 cm³/mol. The van der Waals surface area contributed by atoms with Crippen LogP contribution in [0.1, 0.15) is 28.0 Å². The monoisotopic (exact) mass is 332 g/mol. The standard InChI is InChI=1S/C16H17BrN2O/c1-18-11-14(17)9-15(18)16(20)19-8-4-7-12-5-2-3-6-13(12)10-19/h2-3,5-6,9,11H,4,7-8,10H2,1H3. The summed E-state index contributed by atoms with van der Waals surface area (Å²) in [4.78, 5) is 14.6. The molecule has 1 aromatic heterocycles. The second-order valence-corrected chi connectivity index (χ2v) is 6.17. The van der Waals surface area contributed by atoms with Crippen LogP contribution >= 0.6 is 15.9 Å². The van der Waals surface area contributed by atoms with Gasteiger partial charge in [-0.25, -0.2) is 0 Å². The number of fused-ring (bicyclic) bond motifs is 1.